The summed E-state index contributed by atoms with van der Waals surface area (Å²) < 4.78 is 0. The number of rotatable bonds is 4. The van der Waals surface area contributed by atoms with Crippen LogP contribution in [0.5, 0.6) is 0 Å². The van der Waals surface area contributed by atoms with Gasteiger partial charge in [-0.2, -0.15) is 0 Å². The highest BCUT2D eigenvalue weighted by Gasteiger charge is 2.16. The third kappa shape index (κ3) is 3.61. The van der Waals surface area contributed by atoms with Crippen LogP contribution in [0.1, 0.15) is 23.2 Å². The van der Waals surface area contributed by atoms with Crippen LogP contribution in [0.15, 0.2) is 18.2 Å². The lowest BCUT2D eigenvalue weighted by Crippen LogP contribution is -2.34. The number of nitrogens with zero attached hydrogens (tertiary/aromatic N) is 1. The number of piperidine rings is 1. The Labute approximate surface area is 118 Å². The summed E-state index contributed by atoms with van der Waals surface area (Å²) in [5, 5.41) is 3.78. The van der Waals surface area contributed by atoms with E-state index in [-0.39, 0.29) is 0 Å². The van der Waals surface area contributed by atoms with Gasteiger partial charge in [-0.1, -0.05) is 11.6 Å². The molecule has 1 aliphatic heterocycles. The van der Waals surface area contributed by atoms with Gasteiger partial charge in [-0.05, 0) is 50.0 Å². The minimum atomic E-state index is -0.488. The van der Waals surface area contributed by atoms with Crippen molar-refractivity contribution in [1.82, 2.24) is 5.32 Å². The van der Waals surface area contributed by atoms with E-state index in [1.165, 1.54) is 12.8 Å². The first kappa shape index (κ1) is 14.2. The molecule has 1 aliphatic rings. The molecule has 0 saturated carbocycles. The number of anilines is 1. The summed E-state index contributed by atoms with van der Waals surface area (Å²) in [6.07, 6.45) is 2.41. The smallest absolute Gasteiger partial charge is 0.250 e. The van der Waals surface area contributed by atoms with E-state index in [2.05, 4.69) is 17.3 Å². The molecule has 104 valence electrons. The van der Waals surface area contributed by atoms with Crippen LogP contribution in [-0.2, 0) is 0 Å². The monoisotopic (exact) mass is 281 g/mol. The van der Waals surface area contributed by atoms with Crippen molar-refractivity contribution in [3.8, 4) is 0 Å². The van der Waals surface area contributed by atoms with Gasteiger partial charge >= 0.3 is 0 Å². The van der Waals surface area contributed by atoms with Gasteiger partial charge in [0.1, 0.15) is 0 Å². The highest BCUT2D eigenvalue weighted by atomic mass is 35.5. The van der Waals surface area contributed by atoms with Crippen LogP contribution in [0.3, 0.4) is 0 Å². The fourth-order valence-electron chi connectivity index (χ4n) is 2.50. The number of amides is 1. The molecule has 0 bridgehead atoms. The Kier molecular flexibility index (Phi) is 4.66. The van der Waals surface area contributed by atoms with Crippen molar-refractivity contribution in [2.45, 2.75) is 12.8 Å². The Bertz CT molecular complexity index is 458. The molecule has 1 fully saturated rings. The molecule has 2 rings (SSSR count). The second kappa shape index (κ2) is 6.26. The normalized spacial score (nSPS) is 16.3. The topological polar surface area (TPSA) is 58.4 Å². The zero-order valence-corrected chi connectivity index (χ0v) is 11.9. The molecule has 0 unspecified atom stereocenters. The summed E-state index contributed by atoms with van der Waals surface area (Å²) in [5.74, 6) is 0.221. The molecule has 1 heterocycles. The molecular formula is C14H20ClN3O. The van der Waals surface area contributed by atoms with Crippen molar-refractivity contribution >= 4 is 23.2 Å². The molecule has 4 nitrogen and oxygen atoms in total. The van der Waals surface area contributed by atoms with Crippen molar-refractivity contribution in [2.24, 2.45) is 11.7 Å². The number of halogens is 1. The number of hydrogen-bond acceptors (Lipinski definition) is 3. The summed E-state index contributed by atoms with van der Waals surface area (Å²) in [6, 6.07) is 5.40. The van der Waals surface area contributed by atoms with Crippen LogP contribution < -0.4 is 16.0 Å². The molecule has 1 saturated heterocycles. The van der Waals surface area contributed by atoms with Crippen molar-refractivity contribution < 1.29 is 4.79 Å². The maximum atomic E-state index is 11.1. The van der Waals surface area contributed by atoms with E-state index in [9.17, 15) is 4.79 Å². The fourth-order valence-corrected chi connectivity index (χ4v) is 2.77. The number of nitrogens with two attached hydrogens (primary N) is 1. The van der Waals surface area contributed by atoms with Crippen molar-refractivity contribution in [3.63, 3.8) is 0 Å². The highest BCUT2D eigenvalue weighted by Crippen LogP contribution is 2.24. The molecule has 0 atom stereocenters. The summed E-state index contributed by atoms with van der Waals surface area (Å²) in [6.45, 7) is 3.20. The first-order valence-electron chi connectivity index (χ1n) is 6.59. The number of benzene rings is 1. The van der Waals surface area contributed by atoms with Crippen LogP contribution in [0, 0.1) is 5.92 Å². The van der Waals surface area contributed by atoms with Crippen molar-refractivity contribution in [1.29, 1.82) is 0 Å². The average molecular weight is 282 g/mol. The Morgan fingerprint density at radius 1 is 1.47 bits per heavy atom. The van der Waals surface area contributed by atoms with Gasteiger partial charge < -0.3 is 16.0 Å². The number of carbonyl (C=O) groups is 1. The number of primary amides is 1. The molecule has 3 N–H and O–H groups in total. The van der Waals surface area contributed by atoms with Crippen molar-refractivity contribution in [2.75, 3.05) is 31.6 Å². The molecule has 5 heteroatoms. The standard InChI is InChI=1S/C14H20ClN3O/c1-18(9-10-4-6-17-7-5-10)11-2-3-12(14(16)19)13(15)8-11/h2-3,8,10,17H,4-7,9H2,1H3,(H2,16,19). The SMILES string of the molecule is CN(CC1CCNCC1)c1ccc(C(N)=O)c(Cl)c1. The van der Waals surface area contributed by atoms with E-state index in [4.69, 9.17) is 17.3 Å². The Morgan fingerprint density at radius 3 is 2.74 bits per heavy atom. The molecule has 1 aromatic rings. The Balaban J connectivity index is 2.04. The number of nitrogens with one attached hydrogen (secondary N) is 1. The second-order valence-corrected chi connectivity index (χ2v) is 5.51. The molecule has 1 amide bonds. The zero-order valence-electron chi connectivity index (χ0n) is 11.2. The van der Waals surface area contributed by atoms with Gasteiger partial charge in [0.25, 0.3) is 0 Å². The second-order valence-electron chi connectivity index (χ2n) is 5.10. The summed E-state index contributed by atoms with van der Waals surface area (Å²) in [5.41, 5.74) is 6.64. The zero-order chi connectivity index (χ0) is 13.8. The van der Waals surface area contributed by atoms with Crippen molar-refractivity contribution in [3.05, 3.63) is 28.8 Å². The van der Waals surface area contributed by atoms with E-state index in [1.54, 1.807) is 6.07 Å². The first-order chi connectivity index (χ1) is 9.08. The fraction of sp³-hybridized carbons (Fsp3) is 0.500. The minimum Gasteiger partial charge on any atom is -0.374 e. The average Bonchev–Trinajstić information content (AvgIpc) is 2.39. The van der Waals surface area contributed by atoms with E-state index in [0.29, 0.717) is 16.5 Å². The van der Waals surface area contributed by atoms with Gasteiger partial charge in [-0.25, -0.2) is 0 Å². The van der Waals surface area contributed by atoms with Crippen LogP contribution in [0.4, 0.5) is 5.69 Å². The van der Waals surface area contributed by atoms with E-state index >= 15 is 0 Å². The van der Waals surface area contributed by atoms with E-state index < -0.39 is 5.91 Å². The predicted molar refractivity (Wildman–Crippen MR) is 78.8 cm³/mol. The Hall–Kier alpha value is -1.26. The largest absolute Gasteiger partial charge is 0.374 e. The first-order valence-corrected chi connectivity index (χ1v) is 6.97. The van der Waals surface area contributed by atoms with Gasteiger partial charge in [0.05, 0.1) is 10.6 Å². The van der Waals surface area contributed by atoms with Gasteiger partial charge in [0.15, 0.2) is 0 Å². The lowest BCUT2D eigenvalue weighted by atomic mass is 9.97. The predicted octanol–water partition coefficient (Wildman–Crippen LogP) is 1.87. The summed E-state index contributed by atoms with van der Waals surface area (Å²) in [7, 11) is 2.05. The lowest BCUT2D eigenvalue weighted by molar-refractivity contribution is 0.100. The van der Waals surface area contributed by atoms with Crippen LogP contribution in [0.2, 0.25) is 5.02 Å². The lowest BCUT2D eigenvalue weighted by Gasteiger charge is -2.29. The quantitative estimate of drug-likeness (QED) is 0.886. The maximum Gasteiger partial charge on any atom is 0.250 e. The molecule has 1 aromatic carbocycles. The minimum absolute atomic E-state index is 0.376. The molecule has 0 aliphatic carbocycles. The summed E-state index contributed by atoms with van der Waals surface area (Å²) >= 11 is 6.07. The molecule has 0 aromatic heterocycles. The molecule has 0 radical (unpaired) electrons. The Morgan fingerprint density at radius 2 is 2.16 bits per heavy atom. The third-order valence-corrected chi connectivity index (χ3v) is 3.96. The molecular weight excluding hydrogens is 262 g/mol. The number of hydrogen-bond donors (Lipinski definition) is 2. The van der Waals surface area contributed by atoms with E-state index in [0.717, 1.165) is 25.3 Å². The summed E-state index contributed by atoms with van der Waals surface area (Å²) in [4.78, 5) is 13.3. The number of carbonyl (C=O) groups excluding carboxylic acids is 1. The van der Waals surface area contributed by atoms with Crippen LogP contribution >= 0.6 is 11.6 Å². The maximum absolute atomic E-state index is 11.1. The van der Waals surface area contributed by atoms with Gasteiger partial charge in [-0.15, -0.1) is 0 Å². The molecule has 19 heavy (non-hydrogen) atoms. The van der Waals surface area contributed by atoms with E-state index in [1.807, 2.05) is 12.1 Å². The molecule has 0 spiro atoms. The van der Waals surface area contributed by atoms with Crippen LogP contribution in [0.25, 0.3) is 0 Å². The van der Waals surface area contributed by atoms with Gasteiger partial charge in [0, 0.05) is 19.3 Å². The van der Waals surface area contributed by atoms with Crippen LogP contribution in [-0.4, -0.2) is 32.6 Å². The van der Waals surface area contributed by atoms with Gasteiger partial charge in [0.2, 0.25) is 5.91 Å². The highest BCUT2D eigenvalue weighted by molar-refractivity contribution is 6.34. The van der Waals surface area contributed by atoms with Gasteiger partial charge in [-0.3, -0.25) is 4.79 Å². The third-order valence-electron chi connectivity index (χ3n) is 3.65.